The van der Waals surface area contributed by atoms with Gasteiger partial charge in [-0.1, -0.05) is 0 Å². The molecule has 0 aromatic carbocycles. The van der Waals surface area contributed by atoms with Gasteiger partial charge in [0, 0.05) is 26.6 Å². The third-order valence-corrected chi connectivity index (χ3v) is 7.06. The zero-order valence-corrected chi connectivity index (χ0v) is 15.5. The van der Waals surface area contributed by atoms with Crippen molar-refractivity contribution in [2.24, 2.45) is 23.2 Å². The van der Waals surface area contributed by atoms with Gasteiger partial charge in [0.25, 0.3) is 0 Å². The Morgan fingerprint density at radius 2 is 1.76 bits per heavy atom. The van der Waals surface area contributed by atoms with Crippen LogP contribution in [-0.2, 0) is 14.3 Å². The van der Waals surface area contributed by atoms with Crippen molar-refractivity contribution >= 4 is 11.8 Å². The molecule has 4 bridgehead atoms. The maximum atomic E-state index is 12.5. The molecule has 0 spiro atoms. The molecule has 1 heterocycles. The maximum Gasteiger partial charge on any atom is 0.241 e. The molecule has 0 aromatic rings. The topological polar surface area (TPSA) is 58.6 Å². The smallest absolute Gasteiger partial charge is 0.241 e. The summed E-state index contributed by atoms with van der Waals surface area (Å²) in [5, 5.41) is 2.89. The van der Waals surface area contributed by atoms with Crippen LogP contribution in [0.3, 0.4) is 0 Å². The molecule has 5 fully saturated rings. The number of amides is 2. The Balaban J connectivity index is 1.23. The maximum absolute atomic E-state index is 12.5. The Hall–Kier alpha value is -1.10. The summed E-state index contributed by atoms with van der Waals surface area (Å²) in [5.41, 5.74) is 0.242. The third kappa shape index (κ3) is 3.86. The Morgan fingerprint density at radius 3 is 2.32 bits per heavy atom. The lowest BCUT2D eigenvalue weighted by atomic mass is 9.49. The highest BCUT2D eigenvalue weighted by molar-refractivity contribution is 5.84. The van der Waals surface area contributed by atoms with Gasteiger partial charge in [-0.05, 0) is 74.5 Å². The SMILES string of the molecule is CN(CC1CCCO1)C(=O)CNC(=O)CC12CC3CC(CC(C3)C1)C2. The molecular weight excluding hydrogens is 316 g/mol. The van der Waals surface area contributed by atoms with Crippen LogP contribution in [0.5, 0.6) is 0 Å². The molecule has 5 nitrogen and oxygen atoms in total. The summed E-state index contributed by atoms with van der Waals surface area (Å²) in [6.07, 6.45) is 10.8. The Kier molecular flexibility index (Phi) is 4.78. The van der Waals surface area contributed by atoms with Crippen molar-refractivity contribution in [3.8, 4) is 0 Å². The number of hydrogen-bond acceptors (Lipinski definition) is 3. The number of rotatable bonds is 6. The van der Waals surface area contributed by atoms with Crippen LogP contribution in [0.2, 0.25) is 0 Å². The van der Waals surface area contributed by atoms with Crippen molar-refractivity contribution in [2.45, 2.75) is 63.9 Å². The minimum atomic E-state index is -0.0191. The van der Waals surface area contributed by atoms with Crippen LogP contribution in [0.1, 0.15) is 57.8 Å². The van der Waals surface area contributed by atoms with Gasteiger partial charge >= 0.3 is 0 Å². The number of nitrogens with one attached hydrogen (secondary N) is 1. The van der Waals surface area contributed by atoms with Crippen molar-refractivity contribution in [1.82, 2.24) is 10.2 Å². The highest BCUT2D eigenvalue weighted by Crippen LogP contribution is 2.61. The second-order valence-corrected chi connectivity index (χ2v) is 9.28. The van der Waals surface area contributed by atoms with E-state index in [2.05, 4.69) is 5.32 Å². The van der Waals surface area contributed by atoms with Gasteiger partial charge in [0.15, 0.2) is 0 Å². The molecule has 2 amide bonds. The molecule has 1 aliphatic heterocycles. The third-order valence-electron chi connectivity index (χ3n) is 7.06. The highest BCUT2D eigenvalue weighted by atomic mass is 16.5. The van der Waals surface area contributed by atoms with E-state index in [-0.39, 0.29) is 29.9 Å². The normalized spacial score (nSPS) is 38.8. The van der Waals surface area contributed by atoms with Gasteiger partial charge < -0.3 is 15.0 Å². The van der Waals surface area contributed by atoms with Gasteiger partial charge in [-0.25, -0.2) is 0 Å². The van der Waals surface area contributed by atoms with E-state index < -0.39 is 0 Å². The average Bonchev–Trinajstić information content (AvgIpc) is 3.03. The van der Waals surface area contributed by atoms with E-state index in [4.69, 9.17) is 4.74 Å². The van der Waals surface area contributed by atoms with Gasteiger partial charge in [-0.2, -0.15) is 0 Å². The molecule has 5 heteroatoms. The van der Waals surface area contributed by atoms with Crippen molar-refractivity contribution in [3.05, 3.63) is 0 Å². The Morgan fingerprint density at radius 1 is 1.12 bits per heavy atom. The van der Waals surface area contributed by atoms with Gasteiger partial charge in [0.1, 0.15) is 0 Å². The van der Waals surface area contributed by atoms with Crippen LogP contribution >= 0.6 is 0 Å². The first kappa shape index (κ1) is 17.3. The minimum Gasteiger partial charge on any atom is -0.376 e. The molecular formula is C20H32N2O3. The van der Waals surface area contributed by atoms with Crippen molar-refractivity contribution in [3.63, 3.8) is 0 Å². The fourth-order valence-corrected chi connectivity index (χ4v) is 6.41. The summed E-state index contributed by atoms with van der Waals surface area (Å²) in [4.78, 5) is 26.4. The lowest BCUT2D eigenvalue weighted by molar-refractivity contribution is -0.135. The number of ether oxygens (including phenoxy) is 1. The summed E-state index contributed by atoms with van der Waals surface area (Å²) < 4.78 is 5.58. The van der Waals surface area contributed by atoms with Gasteiger partial charge in [-0.3, -0.25) is 9.59 Å². The quantitative estimate of drug-likeness (QED) is 0.801. The van der Waals surface area contributed by atoms with E-state index in [9.17, 15) is 9.59 Å². The minimum absolute atomic E-state index is 0.0191. The standard InChI is InChI=1S/C20H32N2O3/c1-22(13-17-3-2-4-25-17)19(24)12-21-18(23)11-20-8-14-5-15(9-20)7-16(6-14)10-20/h14-17H,2-13H2,1H3,(H,21,23). The van der Waals surface area contributed by atoms with E-state index in [1.807, 2.05) is 0 Å². The molecule has 25 heavy (non-hydrogen) atoms. The van der Waals surface area contributed by atoms with Crippen LogP contribution in [0.4, 0.5) is 0 Å². The number of hydrogen-bond donors (Lipinski definition) is 1. The average molecular weight is 348 g/mol. The Bertz CT molecular complexity index is 492. The molecule has 4 saturated carbocycles. The summed E-state index contributed by atoms with van der Waals surface area (Å²) in [5.74, 6) is 2.63. The van der Waals surface area contributed by atoms with E-state index in [1.165, 1.54) is 38.5 Å². The van der Waals surface area contributed by atoms with Gasteiger partial charge in [0.05, 0.1) is 12.6 Å². The number of nitrogens with zero attached hydrogens (tertiary/aromatic N) is 1. The molecule has 1 atom stereocenters. The van der Waals surface area contributed by atoms with Crippen molar-refractivity contribution in [2.75, 3.05) is 26.7 Å². The largest absolute Gasteiger partial charge is 0.376 e. The zero-order chi connectivity index (χ0) is 17.4. The van der Waals surface area contributed by atoms with E-state index in [0.29, 0.717) is 13.0 Å². The van der Waals surface area contributed by atoms with Gasteiger partial charge in [-0.15, -0.1) is 0 Å². The lowest BCUT2D eigenvalue weighted by Gasteiger charge is -2.56. The molecule has 1 N–H and O–H groups in total. The molecule has 1 unspecified atom stereocenters. The predicted octanol–water partition coefficient (Wildman–Crippen LogP) is 2.35. The van der Waals surface area contributed by atoms with E-state index in [1.54, 1.807) is 11.9 Å². The lowest BCUT2D eigenvalue weighted by Crippen LogP contribution is -2.48. The first-order valence-electron chi connectivity index (χ1n) is 10.1. The van der Waals surface area contributed by atoms with Crippen LogP contribution in [0.15, 0.2) is 0 Å². The summed E-state index contributed by atoms with van der Waals surface area (Å²) in [6, 6.07) is 0. The number of likely N-dealkylation sites (N-methyl/N-ethyl adjacent to an activating group) is 1. The second-order valence-electron chi connectivity index (χ2n) is 9.28. The first-order valence-corrected chi connectivity index (χ1v) is 10.1. The molecule has 1 saturated heterocycles. The fraction of sp³-hybridized carbons (Fsp3) is 0.900. The predicted molar refractivity (Wildman–Crippen MR) is 94.8 cm³/mol. The second kappa shape index (κ2) is 6.90. The van der Waals surface area contributed by atoms with E-state index >= 15 is 0 Å². The van der Waals surface area contributed by atoms with Crippen molar-refractivity contribution in [1.29, 1.82) is 0 Å². The highest BCUT2D eigenvalue weighted by Gasteiger charge is 2.51. The number of carbonyl (C=O) groups excluding carboxylic acids is 2. The molecule has 0 aromatic heterocycles. The molecule has 5 aliphatic rings. The van der Waals surface area contributed by atoms with Crippen molar-refractivity contribution < 1.29 is 14.3 Å². The van der Waals surface area contributed by atoms with Crippen LogP contribution in [-0.4, -0.2) is 49.6 Å². The van der Waals surface area contributed by atoms with Crippen LogP contribution < -0.4 is 5.32 Å². The number of carbonyl (C=O) groups is 2. The fourth-order valence-electron chi connectivity index (χ4n) is 6.41. The first-order chi connectivity index (χ1) is 12.0. The van der Waals surface area contributed by atoms with Crippen LogP contribution in [0.25, 0.3) is 0 Å². The van der Waals surface area contributed by atoms with Crippen LogP contribution in [0, 0.1) is 23.2 Å². The summed E-state index contributed by atoms with van der Waals surface area (Å²) in [7, 11) is 1.80. The molecule has 140 valence electrons. The molecule has 4 aliphatic carbocycles. The molecule has 5 rings (SSSR count). The van der Waals surface area contributed by atoms with Gasteiger partial charge in [0.2, 0.25) is 11.8 Å². The monoisotopic (exact) mass is 348 g/mol. The Labute approximate surface area is 150 Å². The summed E-state index contributed by atoms with van der Waals surface area (Å²) >= 11 is 0. The molecule has 0 radical (unpaired) electrons. The zero-order valence-electron chi connectivity index (χ0n) is 15.5. The van der Waals surface area contributed by atoms with E-state index in [0.717, 1.165) is 37.2 Å². The summed E-state index contributed by atoms with van der Waals surface area (Å²) in [6.45, 7) is 1.55.